The lowest BCUT2D eigenvalue weighted by Gasteiger charge is -2.27. The molecule has 22 heavy (non-hydrogen) atoms. The van der Waals surface area contributed by atoms with E-state index in [2.05, 4.69) is 12.2 Å². The van der Waals surface area contributed by atoms with Crippen molar-refractivity contribution in [3.8, 4) is 0 Å². The van der Waals surface area contributed by atoms with Crippen LogP contribution in [-0.2, 0) is 11.2 Å². The van der Waals surface area contributed by atoms with Crippen LogP contribution in [-0.4, -0.2) is 17.6 Å². The lowest BCUT2D eigenvalue weighted by atomic mass is 9.79. The minimum absolute atomic E-state index is 0.160. The Labute approximate surface area is 134 Å². The first-order valence-electron chi connectivity index (χ1n) is 8.73. The summed E-state index contributed by atoms with van der Waals surface area (Å²) in [6.45, 7) is 2.40. The fourth-order valence-electron chi connectivity index (χ4n) is 3.33. The molecule has 3 heteroatoms. The van der Waals surface area contributed by atoms with Crippen LogP contribution in [0.3, 0.4) is 0 Å². The number of hydrogen-bond acceptors (Lipinski definition) is 2. The maximum Gasteiger partial charge on any atom is 0.227 e. The van der Waals surface area contributed by atoms with Crippen LogP contribution in [0.15, 0.2) is 24.3 Å². The molecule has 3 nitrogen and oxygen atoms in total. The number of nitrogens with one attached hydrogen (secondary N) is 1. The monoisotopic (exact) mass is 303 g/mol. The molecule has 0 aliphatic heterocycles. The van der Waals surface area contributed by atoms with Crippen LogP contribution in [0.4, 0.5) is 5.69 Å². The molecule has 0 saturated heterocycles. The fraction of sp³-hybridized carbons (Fsp3) is 0.632. The van der Waals surface area contributed by atoms with Gasteiger partial charge in [-0.05, 0) is 55.7 Å². The molecule has 1 saturated carbocycles. The molecule has 0 heterocycles. The zero-order valence-corrected chi connectivity index (χ0v) is 13.7. The first-order chi connectivity index (χ1) is 10.7. The van der Waals surface area contributed by atoms with E-state index < -0.39 is 0 Å². The molecule has 122 valence electrons. The number of amides is 1. The molecule has 0 atom stereocenters. The number of hydrogen-bond donors (Lipinski definition) is 2. The molecular formula is C19H29NO2. The smallest absolute Gasteiger partial charge is 0.227 e. The summed E-state index contributed by atoms with van der Waals surface area (Å²) in [5.74, 6) is 1.18. The summed E-state index contributed by atoms with van der Waals surface area (Å²) in [4.78, 5) is 12.3. The Bertz CT molecular complexity index is 447. The summed E-state index contributed by atoms with van der Waals surface area (Å²) >= 11 is 0. The highest BCUT2D eigenvalue weighted by Crippen LogP contribution is 2.32. The van der Waals surface area contributed by atoms with E-state index in [1.807, 2.05) is 24.3 Å². The first-order valence-corrected chi connectivity index (χ1v) is 8.73. The Morgan fingerprint density at radius 1 is 1.18 bits per heavy atom. The van der Waals surface area contributed by atoms with Gasteiger partial charge in [0.1, 0.15) is 0 Å². The van der Waals surface area contributed by atoms with Crippen molar-refractivity contribution in [2.45, 2.75) is 58.3 Å². The number of benzene rings is 1. The van der Waals surface area contributed by atoms with E-state index in [4.69, 9.17) is 5.11 Å². The molecule has 0 aromatic heterocycles. The first kappa shape index (κ1) is 17.0. The van der Waals surface area contributed by atoms with Crippen LogP contribution in [0.1, 0.15) is 57.4 Å². The fourth-order valence-corrected chi connectivity index (χ4v) is 3.33. The van der Waals surface area contributed by atoms with Crippen LogP contribution in [0.5, 0.6) is 0 Å². The number of carbonyl (C=O) groups is 1. The number of unbranched alkanes of at least 4 members (excludes halogenated alkanes) is 1. The molecule has 1 aliphatic rings. The van der Waals surface area contributed by atoms with Gasteiger partial charge in [0.15, 0.2) is 0 Å². The molecule has 0 radical (unpaired) electrons. The summed E-state index contributed by atoms with van der Waals surface area (Å²) in [7, 11) is 0. The Hall–Kier alpha value is -1.35. The molecule has 0 unspecified atom stereocenters. The second-order valence-electron chi connectivity index (χ2n) is 6.52. The second-order valence-corrected chi connectivity index (χ2v) is 6.52. The average Bonchev–Trinajstić information content (AvgIpc) is 2.55. The summed E-state index contributed by atoms with van der Waals surface area (Å²) in [5, 5.41) is 11.9. The van der Waals surface area contributed by atoms with Gasteiger partial charge in [0.25, 0.3) is 0 Å². The Balaban J connectivity index is 1.78. The maximum absolute atomic E-state index is 12.3. The third-order valence-electron chi connectivity index (χ3n) is 4.81. The van der Waals surface area contributed by atoms with Gasteiger partial charge in [-0.1, -0.05) is 38.3 Å². The quantitative estimate of drug-likeness (QED) is 0.794. The van der Waals surface area contributed by atoms with E-state index >= 15 is 0 Å². The van der Waals surface area contributed by atoms with Crippen LogP contribution in [0.25, 0.3) is 0 Å². The summed E-state index contributed by atoms with van der Waals surface area (Å²) in [5.41, 5.74) is 1.96. The minimum atomic E-state index is 0.160. The number of aliphatic hydroxyl groups is 1. The molecule has 1 amide bonds. The molecule has 1 aromatic carbocycles. The molecular weight excluding hydrogens is 274 g/mol. The average molecular weight is 303 g/mol. The van der Waals surface area contributed by atoms with E-state index in [1.54, 1.807) is 0 Å². The van der Waals surface area contributed by atoms with Crippen molar-refractivity contribution in [2.24, 2.45) is 11.8 Å². The Kier molecular flexibility index (Phi) is 6.91. The molecule has 1 fully saturated rings. The predicted molar refractivity (Wildman–Crippen MR) is 90.8 cm³/mol. The minimum Gasteiger partial charge on any atom is -0.396 e. The van der Waals surface area contributed by atoms with Crippen LogP contribution >= 0.6 is 0 Å². The highest BCUT2D eigenvalue weighted by atomic mass is 16.2. The number of carbonyl (C=O) groups excluding carboxylic acids is 1. The summed E-state index contributed by atoms with van der Waals surface area (Å²) < 4.78 is 0. The highest BCUT2D eigenvalue weighted by Gasteiger charge is 2.25. The van der Waals surface area contributed by atoms with Crippen molar-refractivity contribution < 1.29 is 9.90 Å². The molecule has 0 bridgehead atoms. The van der Waals surface area contributed by atoms with Gasteiger partial charge in [-0.25, -0.2) is 0 Å². The van der Waals surface area contributed by atoms with Crippen molar-refractivity contribution >= 4 is 11.6 Å². The largest absolute Gasteiger partial charge is 0.396 e. The van der Waals surface area contributed by atoms with Gasteiger partial charge < -0.3 is 10.4 Å². The van der Waals surface area contributed by atoms with Crippen molar-refractivity contribution in [1.82, 2.24) is 0 Å². The van der Waals surface area contributed by atoms with Gasteiger partial charge >= 0.3 is 0 Å². The Morgan fingerprint density at radius 3 is 2.45 bits per heavy atom. The second kappa shape index (κ2) is 8.94. The molecule has 2 N–H and O–H groups in total. The number of rotatable bonds is 7. The standard InChI is InChI=1S/C19H29NO2/c1-2-3-4-15-5-9-17(10-6-15)19(22)20-18-11-7-16(8-12-18)13-14-21/h7-8,11-12,15,17,21H,2-6,9-10,13-14H2,1H3,(H,20,22). The number of aliphatic hydroxyl groups excluding tert-OH is 1. The van der Waals surface area contributed by atoms with E-state index in [0.29, 0.717) is 6.42 Å². The van der Waals surface area contributed by atoms with Crippen LogP contribution in [0.2, 0.25) is 0 Å². The Morgan fingerprint density at radius 2 is 1.86 bits per heavy atom. The van der Waals surface area contributed by atoms with Gasteiger partial charge in [0.2, 0.25) is 5.91 Å². The van der Waals surface area contributed by atoms with Gasteiger partial charge in [-0.2, -0.15) is 0 Å². The third kappa shape index (κ3) is 5.13. The number of anilines is 1. The van der Waals surface area contributed by atoms with Gasteiger partial charge in [-0.3, -0.25) is 4.79 Å². The lowest BCUT2D eigenvalue weighted by Crippen LogP contribution is -2.27. The summed E-state index contributed by atoms with van der Waals surface area (Å²) in [6.07, 6.45) is 9.05. The molecule has 1 aliphatic carbocycles. The van der Waals surface area contributed by atoms with E-state index in [9.17, 15) is 4.79 Å². The van der Waals surface area contributed by atoms with E-state index in [-0.39, 0.29) is 18.4 Å². The van der Waals surface area contributed by atoms with E-state index in [0.717, 1.165) is 30.0 Å². The molecule has 0 spiro atoms. The molecule has 2 rings (SSSR count). The van der Waals surface area contributed by atoms with E-state index in [1.165, 1.54) is 32.1 Å². The van der Waals surface area contributed by atoms with Crippen molar-refractivity contribution in [2.75, 3.05) is 11.9 Å². The van der Waals surface area contributed by atoms with Crippen molar-refractivity contribution in [1.29, 1.82) is 0 Å². The normalized spacial score (nSPS) is 21.5. The van der Waals surface area contributed by atoms with Gasteiger partial charge in [-0.15, -0.1) is 0 Å². The van der Waals surface area contributed by atoms with Crippen molar-refractivity contribution in [3.05, 3.63) is 29.8 Å². The third-order valence-corrected chi connectivity index (χ3v) is 4.81. The zero-order valence-electron chi connectivity index (χ0n) is 13.7. The summed E-state index contributed by atoms with van der Waals surface area (Å²) in [6, 6.07) is 7.78. The SMILES string of the molecule is CCCCC1CCC(C(=O)Nc2ccc(CCO)cc2)CC1. The zero-order chi connectivity index (χ0) is 15.8. The van der Waals surface area contributed by atoms with Gasteiger partial charge in [0, 0.05) is 18.2 Å². The maximum atomic E-state index is 12.3. The predicted octanol–water partition coefficient (Wildman–Crippen LogP) is 4.16. The topological polar surface area (TPSA) is 49.3 Å². The molecule has 1 aromatic rings. The van der Waals surface area contributed by atoms with Gasteiger partial charge in [0.05, 0.1) is 0 Å². The lowest BCUT2D eigenvalue weighted by molar-refractivity contribution is -0.121. The highest BCUT2D eigenvalue weighted by molar-refractivity contribution is 5.92. The van der Waals surface area contributed by atoms with Crippen molar-refractivity contribution in [3.63, 3.8) is 0 Å². The van der Waals surface area contributed by atoms with Crippen LogP contribution in [0, 0.1) is 11.8 Å². The van der Waals surface area contributed by atoms with Crippen LogP contribution < -0.4 is 5.32 Å².